The summed E-state index contributed by atoms with van der Waals surface area (Å²) in [6, 6.07) is 8.28. The van der Waals surface area contributed by atoms with Crippen molar-refractivity contribution < 1.29 is 5.21 Å². The minimum absolute atomic E-state index is 0.102. The summed E-state index contributed by atoms with van der Waals surface area (Å²) in [7, 11) is 0. The van der Waals surface area contributed by atoms with E-state index in [9.17, 15) is 0 Å². The van der Waals surface area contributed by atoms with E-state index in [1.54, 1.807) is 0 Å². The molecule has 94 valence electrons. The Morgan fingerprint density at radius 3 is 2.65 bits per heavy atom. The Morgan fingerprint density at radius 1 is 1.47 bits per heavy atom. The maximum absolute atomic E-state index is 8.70. The van der Waals surface area contributed by atoms with E-state index in [0.29, 0.717) is 0 Å². The van der Waals surface area contributed by atoms with E-state index in [1.165, 1.54) is 11.1 Å². The number of nitrogens with zero attached hydrogens (tertiary/aromatic N) is 1. The Balaban J connectivity index is 2.78. The second-order valence-electron chi connectivity index (χ2n) is 4.23. The average molecular weight is 235 g/mol. The molecular weight excluding hydrogens is 214 g/mol. The van der Waals surface area contributed by atoms with Crippen molar-refractivity contribution in [3.05, 3.63) is 35.4 Å². The van der Waals surface area contributed by atoms with Gasteiger partial charge in [-0.15, -0.1) is 0 Å². The molecule has 0 bridgehead atoms. The van der Waals surface area contributed by atoms with Crippen LogP contribution in [0.2, 0.25) is 0 Å². The Labute approximate surface area is 103 Å². The van der Waals surface area contributed by atoms with Crippen LogP contribution in [0.4, 0.5) is 0 Å². The first-order chi connectivity index (χ1) is 8.10. The standard InChI is InChI=1S/C13H21N3O/c1-4-12(13(14)16-17)15-10(3)11-8-6-5-7-9(11)2/h5-8,10,12,15,17H,4H2,1-3H3,(H2,14,16)/t10-,12?/m1/s1. The van der Waals surface area contributed by atoms with Gasteiger partial charge in [-0.25, -0.2) is 0 Å². The summed E-state index contributed by atoms with van der Waals surface area (Å²) in [6.45, 7) is 6.16. The van der Waals surface area contributed by atoms with Gasteiger partial charge < -0.3 is 16.3 Å². The number of hydrogen-bond donors (Lipinski definition) is 3. The molecule has 4 heteroatoms. The molecule has 1 unspecified atom stereocenters. The van der Waals surface area contributed by atoms with Gasteiger partial charge in [-0.1, -0.05) is 36.3 Å². The number of nitrogens with one attached hydrogen (secondary N) is 1. The molecule has 0 aliphatic carbocycles. The average Bonchev–Trinajstić information content (AvgIpc) is 2.35. The Kier molecular flexibility index (Phi) is 4.97. The van der Waals surface area contributed by atoms with Gasteiger partial charge in [-0.2, -0.15) is 0 Å². The number of aryl methyl sites for hydroxylation is 1. The molecule has 17 heavy (non-hydrogen) atoms. The van der Waals surface area contributed by atoms with Gasteiger partial charge in [0.1, 0.15) is 0 Å². The number of oxime groups is 1. The maximum Gasteiger partial charge on any atom is 0.156 e. The van der Waals surface area contributed by atoms with Crippen molar-refractivity contribution in [1.29, 1.82) is 0 Å². The lowest BCUT2D eigenvalue weighted by atomic mass is 10.0. The van der Waals surface area contributed by atoms with Crippen molar-refractivity contribution in [1.82, 2.24) is 5.32 Å². The van der Waals surface area contributed by atoms with E-state index in [0.717, 1.165) is 6.42 Å². The molecule has 1 aromatic rings. The van der Waals surface area contributed by atoms with Crippen molar-refractivity contribution in [3.8, 4) is 0 Å². The second kappa shape index (κ2) is 6.25. The van der Waals surface area contributed by atoms with Gasteiger partial charge in [0, 0.05) is 6.04 Å². The molecule has 1 aromatic carbocycles. The number of hydrogen-bond acceptors (Lipinski definition) is 3. The second-order valence-corrected chi connectivity index (χ2v) is 4.23. The Morgan fingerprint density at radius 2 is 2.12 bits per heavy atom. The zero-order valence-electron chi connectivity index (χ0n) is 10.6. The van der Waals surface area contributed by atoms with Crippen LogP contribution < -0.4 is 11.1 Å². The van der Waals surface area contributed by atoms with Crippen molar-refractivity contribution >= 4 is 5.84 Å². The molecule has 0 saturated carbocycles. The molecular formula is C13H21N3O. The van der Waals surface area contributed by atoms with Crippen molar-refractivity contribution in [2.45, 2.75) is 39.3 Å². The maximum atomic E-state index is 8.70. The van der Waals surface area contributed by atoms with Gasteiger partial charge in [0.25, 0.3) is 0 Å². The largest absolute Gasteiger partial charge is 0.409 e. The summed E-state index contributed by atoms with van der Waals surface area (Å²) in [5.41, 5.74) is 8.10. The first-order valence-corrected chi connectivity index (χ1v) is 5.89. The van der Waals surface area contributed by atoms with Crippen LogP contribution in [0, 0.1) is 6.92 Å². The lowest BCUT2D eigenvalue weighted by Gasteiger charge is -2.22. The molecule has 0 spiro atoms. The van der Waals surface area contributed by atoms with Gasteiger partial charge in [0.2, 0.25) is 0 Å². The molecule has 0 amide bonds. The quantitative estimate of drug-likeness (QED) is 0.317. The van der Waals surface area contributed by atoms with Crippen LogP contribution in [0.1, 0.15) is 37.4 Å². The fourth-order valence-electron chi connectivity index (χ4n) is 1.95. The van der Waals surface area contributed by atoms with E-state index in [2.05, 4.69) is 36.5 Å². The monoisotopic (exact) mass is 235 g/mol. The lowest BCUT2D eigenvalue weighted by molar-refractivity contribution is 0.313. The molecule has 4 nitrogen and oxygen atoms in total. The molecule has 0 radical (unpaired) electrons. The topological polar surface area (TPSA) is 70.6 Å². The third-order valence-electron chi connectivity index (χ3n) is 2.99. The van der Waals surface area contributed by atoms with Crippen LogP contribution in [0.25, 0.3) is 0 Å². The Hall–Kier alpha value is -1.55. The zero-order valence-corrected chi connectivity index (χ0v) is 10.6. The van der Waals surface area contributed by atoms with Crippen LogP contribution in [-0.2, 0) is 0 Å². The van der Waals surface area contributed by atoms with E-state index < -0.39 is 0 Å². The first kappa shape index (κ1) is 13.5. The summed E-state index contributed by atoms with van der Waals surface area (Å²) in [5.74, 6) is 0.230. The molecule has 1 rings (SSSR count). The third kappa shape index (κ3) is 3.46. The van der Waals surface area contributed by atoms with Crippen molar-refractivity contribution in [2.75, 3.05) is 0 Å². The number of benzene rings is 1. The summed E-state index contributed by atoms with van der Waals surface area (Å²) in [5, 5.41) is 15.1. The predicted octanol–water partition coefficient (Wildman–Crippen LogP) is 2.17. The molecule has 0 heterocycles. The molecule has 0 aliphatic heterocycles. The summed E-state index contributed by atoms with van der Waals surface area (Å²) < 4.78 is 0. The number of amidine groups is 1. The van der Waals surface area contributed by atoms with Crippen LogP contribution in [0.3, 0.4) is 0 Å². The first-order valence-electron chi connectivity index (χ1n) is 5.89. The van der Waals surface area contributed by atoms with Gasteiger partial charge in [0.15, 0.2) is 5.84 Å². The smallest absolute Gasteiger partial charge is 0.156 e. The summed E-state index contributed by atoms with van der Waals surface area (Å²) >= 11 is 0. The van der Waals surface area contributed by atoms with Gasteiger partial charge in [0.05, 0.1) is 6.04 Å². The highest BCUT2D eigenvalue weighted by atomic mass is 16.4. The summed E-state index contributed by atoms with van der Waals surface area (Å²) in [6.07, 6.45) is 0.784. The SMILES string of the molecule is CCC(N[C@H](C)c1ccccc1C)/C(N)=N/O. The Bertz CT molecular complexity index is 390. The summed E-state index contributed by atoms with van der Waals surface area (Å²) in [4.78, 5) is 0. The molecule has 0 saturated heterocycles. The highest BCUT2D eigenvalue weighted by Gasteiger charge is 2.16. The van der Waals surface area contributed by atoms with Gasteiger partial charge in [-0.3, -0.25) is 0 Å². The minimum atomic E-state index is -0.102. The van der Waals surface area contributed by atoms with E-state index >= 15 is 0 Å². The van der Waals surface area contributed by atoms with E-state index in [-0.39, 0.29) is 17.9 Å². The minimum Gasteiger partial charge on any atom is -0.409 e. The van der Waals surface area contributed by atoms with Crippen molar-refractivity contribution in [2.24, 2.45) is 10.9 Å². The lowest BCUT2D eigenvalue weighted by Crippen LogP contribution is -2.42. The number of nitrogens with two attached hydrogens (primary N) is 1. The predicted molar refractivity (Wildman–Crippen MR) is 70.2 cm³/mol. The molecule has 0 aliphatic rings. The van der Waals surface area contributed by atoms with Crippen LogP contribution in [-0.4, -0.2) is 17.1 Å². The molecule has 0 aromatic heterocycles. The normalized spacial score (nSPS) is 15.6. The zero-order chi connectivity index (χ0) is 12.8. The molecule has 4 N–H and O–H groups in total. The van der Waals surface area contributed by atoms with Gasteiger partial charge in [-0.05, 0) is 31.4 Å². The van der Waals surface area contributed by atoms with E-state index in [4.69, 9.17) is 10.9 Å². The molecule has 0 fully saturated rings. The fourth-order valence-corrected chi connectivity index (χ4v) is 1.95. The highest BCUT2D eigenvalue weighted by Crippen LogP contribution is 2.17. The van der Waals surface area contributed by atoms with Crippen LogP contribution in [0.15, 0.2) is 29.4 Å². The highest BCUT2D eigenvalue weighted by molar-refractivity contribution is 5.85. The van der Waals surface area contributed by atoms with Crippen LogP contribution >= 0.6 is 0 Å². The third-order valence-corrected chi connectivity index (χ3v) is 2.99. The van der Waals surface area contributed by atoms with Crippen LogP contribution in [0.5, 0.6) is 0 Å². The van der Waals surface area contributed by atoms with Gasteiger partial charge >= 0.3 is 0 Å². The molecule has 2 atom stereocenters. The fraction of sp³-hybridized carbons (Fsp3) is 0.462. The van der Waals surface area contributed by atoms with E-state index in [1.807, 2.05) is 19.1 Å². The number of rotatable bonds is 5. The van der Waals surface area contributed by atoms with Crippen molar-refractivity contribution in [3.63, 3.8) is 0 Å².